The third kappa shape index (κ3) is 5.97. The number of anilines is 2. The van der Waals surface area contributed by atoms with E-state index in [-0.39, 0.29) is 11.9 Å². The van der Waals surface area contributed by atoms with Crippen molar-refractivity contribution in [2.45, 2.75) is 13.8 Å². The summed E-state index contributed by atoms with van der Waals surface area (Å²) in [5.74, 6) is -0.106. The summed E-state index contributed by atoms with van der Waals surface area (Å²) in [5, 5.41) is 15.5. The lowest BCUT2D eigenvalue weighted by Crippen LogP contribution is -2.46. The molecule has 1 saturated heterocycles. The van der Waals surface area contributed by atoms with E-state index >= 15 is 0 Å². The zero-order chi connectivity index (χ0) is 23.1. The maximum Gasteiger partial charge on any atom is 0.211 e. The number of hydrogen-bond acceptors (Lipinski definition) is 6. The van der Waals surface area contributed by atoms with Crippen molar-refractivity contribution in [3.05, 3.63) is 59.7 Å². The van der Waals surface area contributed by atoms with Crippen molar-refractivity contribution in [2.24, 2.45) is 43.3 Å². The highest BCUT2D eigenvalue weighted by molar-refractivity contribution is 5.99. The van der Waals surface area contributed by atoms with Crippen LogP contribution in [0.15, 0.2) is 68.9 Å². The first-order chi connectivity index (χ1) is 15.3. The molecule has 0 aromatic heterocycles. The predicted octanol–water partition coefficient (Wildman–Crippen LogP) is 1.01. The third-order valence-electron chi connectivity index (χ3n) is 5.21. The fourth-order valence-corrected chi connectivity index (χ4v) is 3.43. The van der Waals surface area contributed by atoms with Gasteiger partial charge in [0.25, 0.3) is 0 Å². The average molecular weight is 435 g/mol. The second kappa shape index (κ2) is 10.3. The fourth-order valence-electron chi connectivity index (χ4n) is 3.43. The van der Waals surface area contributed by atoms with Gasteiger partial charge in [0, 0.05) is 37.6 Å². The van der Waals surface area contributed by atoms with Gasteiger partial charge in [-0.3, -0.25) is 0 Å². The molecule has 2 aromatic rings. The highest BCUT2D eigenvalue weighted by atomic mass is 15.3. The van der Waals surface area contributed by atoms with E-state index in [0.29, 0.717) is 0 Å². The van der Waals surface area contributed by atoms with Crippen LogP contribution in [0, 0.1) is 0 Å². The molecular formula is C22H30N10. The Morgan fingerprint density at radius 2 is 0.875 bits per heavy atom. The van der Waals surface area contributed by atoms with Crippen molar-refractivity contribution in [3.8, 4) is 0 Å². The van der Waals surface area contributed by atoms with E-state index in [4.69, 9.17) is 22.9 Å². The number of benzene rings is 2. The summed E-state index contributed by atoms with van der Waals surface area (Å²) in [5.41, 5.74) is 27.2. The Bertz CT molecular complexity index is 934. The van der Waals surface area contributed by atoms with Crippen LogP contribution in [0.25, 0.3) is 0 Å². The minimum Gasteiger partial charge on any atom is -0.369 e. The first kappa shape index (κ1) is 22.6. The second-order valence-corrected chi connectivity index (χ2v) is 7.49. The topological polar surface area (TPSA) is 160 Å². The van der Waals surface area contributed by atoms with E-state index in [1.807, 2.05) is 38.1 Å². The van der Waals surface area contributed by atoms with Gasteiger partial charge in [0.2, 0.25) is 11.9 Å². The molecule has 10 heteroatoms. The van der Waals surface area contributed by atoms with Crippen molar-refractivity contribution >= 4 is 34.7 Å². The molecule has 0 radical (unpaired) electrons. The van der Waals surface area contributed by atoms with Crippen LogP contribution in [0.2, 0.25) is 0 Å². The molecule has 1 aliphatic heterocycles. The molecule has 32 heavy (non-hydrogen) atoms. The van der Waals surface area contributed by atoms with E-state index in [1.165, 1.54) is 11.4 Å². The summed E-state index contributed by atoms with van der Waals surface area (Å²) in [6.45, 7) is 7.50. The monoisotopic (exact) mass is 434 g/mol. The SMILES string of the molecule is CC(=NN=C(N)N)c1ccc(N2CCN(c3ccc(C(C)=NN=C(N)N)cc3)CC2)cc1. The van der Waals surface area contributed by atoms with Crippen molar-refractivity contribution < 1.29 is 0 Å². The Morgan fingerprint density at radius 3 is 1.16 bits per heavy atom. The number of piperazine rings is 1. The fraction of sp³-hybridized carbons (Fsp3) is 0.273. The van der Waals surface area contributed by atoms with Gasteiger partial charge >= 0.3 is 0 Å². The van der Waals surface area contributed by atoms with Crippen LogP contribution in [-0.2, 0) is 0 Å². The molecule has 0 unspecified atom stereocenters. The second-order valence-electron chi connectivity index (χ2n) is 7.49. The van der Waals surface area contributed by atoms with Crippen LogP contribution in [0.3, 0.4) is 0 Å². The lowest BCUT2D eigenvalue weighted by molar-refractivity contribution is 0.653. The van der Waals surface area contributed by atoms with Crippen LogP contribution >= 0.6 is 0 Å². The van der Waals surface area contributed by atoms with E-state index in [2.05, 4.69) is 54.5 Å². The van der Waals surface area contributed by atoms with Gasteiger partial charge in [-0.1, -0.05) is 24.3 Å². The van der Waals surface area contributed by atoms with Crippen LogP contribution < -0.4 is 32.7 Å². The lowest BCUT2D eigenvalue weighted by Gasteiger charge is -2.37. The molecule has 1 aliphatic rings. The van der Waals surface area contributed by atoms with Crippen molar-refractivity contribution in [1.82, 2.24) is 0 Å². The van der Waals surface area contributed by atoms with Crippen molar-refractivity contribution in [1.29, 1.82) is 0 Å². The molecular weight excluding hydrogens is 404 g/mol. The Balaban J connectivity index is 1.59. The third-order valence-corrected chi connectivity index (χ3v) is 5.21. The highest BCUT2D eigenvalue weighted by Gasteiger charge is 2.17. The summed E-state index contributed by atoms with van der Waals surface area (Å²) in [6, 6.07) is 16.6. The summed E-state index contributed by atoms with van der Waals surface area (Å²) >= 11 is 0. The zero-order valence-electron chi connectivity index (χ0n) is 18.4. The Kier molecular flexibility index (Phi) is 7.27. The van der Waals surface area contributed by atoms with Gasteiger partial charge < -0.3 is 32.7 Å². The van der Waals surface area contributed by atoms with Gasteiger partial charge in [-0.15, -0.1) is 10.2 Å². The van der Waals surface area contributed by atoms with Gasteiger partial charge in [-0.05, 0) is 49.2 Å². The van der Waals surface area contributed by atoms with E-state index in [9.17, 15) is 0 Å². The Hall–Kier alpha value is -4.08. The maximum atomic E-state index is 5.33. The summed E-state index contributed by atoms with van der Waals surface area (Å²) in [6.07, 6.45) is 0. The predicted molar refractivity (Wildman–Crippen MR) is 133 cm³/mol. The number of rotatable bonds is 6. The van der Waals surface area contributed by atoms with Crippen molar-refractivity contribution in [2.75, 3.05) is 36.0 Å². The molecule has 10 nitrogen and oxygen atoms in total. The molecule has 0 aliphatic carbocycles. The van der Waals surface area contributed by atoms with E-state index < -0.39 is 0 Å². The standard InChI is InChI=1S/C22H30N10/c1-15(27-29-21(23)24)17-3-7-19(8-4-17)31-11-13-32(14-12-31)20-9-5-18(6-10-20)16(2)28-30-22(25)26/h3-10H,11-14H2,1-2H3,(H4,23,24,29)(H4,25,26,30). The molecule has 2 aromatic carbocycles. The Labute approximate surface area is 188 Å². The lowest BCUT2D eigenvalue weighted by atomic mass is 10.1. The van der Waals surface area contributed by atoms with Crippen molar-refractivity contribution in [3.63, 3.8) is 0 Å². The molecule has 3 rings (SSSR count). The molecule has 0 amide bonds. The molecule has 8 N–H and O–H groups in total. The van der Waals surface area contributed by atoms with E-state index in [0.717, 1.165) is 48.7 Å². The van der Waals surface area contributed by atoms with Gasteiger partial charge in [-0.2, -0.15) is 10.2 Å². The van der Waals surface area contributed by atoms with Gasteiger partial charge in [-0.25, -0.2) is 0 Å². The number of guanidine groups is 2. The van der Waals surface area contributed by atoms with Gasteiger partial charge in [0.05, 0.1) is 11.4 Å². The molecule has 0 saturated carbocycles. The molecule has 0 atom stereocenters. The molecule has 168 valence electrons. The zero-order valence-corrected chi connectivity index (χ0v) is 18.4. The van der Waals surface area contributed by atoms with Crippen LogP contribution in [0.5, 0.6) is 0 Å². The average Bonchev–Trinajstić information content (AvgIpc) is 2.81. The quantitative estimate of drug-likeness (QED) is 0.301. The number of nitrogens with zero attached hydrogens (tertiary/aromatic N) is 6. The van der Waals surface area contributed by atoms with Crippen LogP contribution in [0.4, 0.5) is 11.4 Å². The van der Waals surface area contributed by atoms with Gasteiger partial charge in [0.15, 0.2) is 0 Å². The summed E-state index contributed by atoms with van der Waals surface area (Å²) < 4.78 is 0. The minimum absolute atomic E-state index is 0.0531. The maximum absolute atomic E-state index is 5.33. The van der Waals surface area contributed by atoms with E-state index in [1.54, 1.807) is 0 Å². The molecule has 1 fully saturated rings. The molecule has 0 bridgehead atoms. The first-order valence-electron chi connectivity index (χ1n) is 10.3. The summed E-state index contributed by atoms with van der Waals surface area (Å²) in [7, 11) is 0. The summed E-state index contributed by atoms with van der Waals surface area (Å²) in [4.78, 5) is 4.76. The van der Waals surface area contributed by atoms with Gasteiger partial charge in [0.1, 0.15) is 0 Å². The molecule has 0 spiro atoms. The van der Waals surface area contributed by atoms with Crippen LogP contribution in [0.1, 0.15) is 25.0 Å². The smallest absolute Gasteiger partial charge is 0.211 e. The van der Waals surface area contributed by atoms with Crippen LogP contribution in [-0.4, -0.2) is 49.5 Å². The normalized spacial score (nSPS) is 14.8. The number of hydrogen-bond donors (Lipinski definition) is 4. The highest BCUT2D eigenvalue weighted by Crippen LogP contribution is 2.22. The first-order valence-corrected chi connectivity index (χ1v) is 10.3. The molecule has 1 heterocycles. The largest absolute Gasteiger partial charge is 0.369 e. The Morgan fingerprint density at radius 1 is 0.562 bits per heavy atom. The number of nitrogens with two attached hydrogens (primary N) is 4. The minimum atomic E-state index is -0.0531.